The maximum atomic E-state index is 12.8. The highest BCUT2D eigenvalue weighted by atomic mass is 16.2. The van der Waals surface area contributed by atoms with Gasteiger partial charge in [-0.3, -0.25) is 4.79 Å². The van der Waals surface area contributed by atoms with E-state index in [1.807, 2.05) is 66.7 Å². The van der Waals surface area contributed by atoms with Gasteiger partial charge in [-0.05, 0) is 54.4 Å². The van der Waals surface area contributed by atoms with Crippen molar-refractivity contribution in [3.8, 4) is 0 Å². The number of anilines is 3. The van der Waals surface area contributed by atoms with Gasteiger partial charge in [0, 0.05) is 22.6 Å². The lowest BCUT2D eigenvalue weighted by Crippen LogP contribution is -2.10. The van der Waals surface area contributed by atoms with Crippen molar-refractivity contribution in [1.29, 1.82) is 0 Å². The first-order valence-electron chi connectivity index (χ1n) is 9.22. The number of benzene rings is 3. The highest BCUT2D eigenvalue weighted by molar-refractivity contribution is 6.37. The zero-order valence-corrected chi connectivity index (χ0v) is 15.4. The fourth-order valence-electron chi connectivity index (χ4n) is 3.38. The van der Waals surface area contributed by atoms with Gasteiger partial charge in [0.15, 0.2) is 0 Å². The summed E-state index contributed by atoms with van der Waals surface area (Å²) in [6.07, 6.45) is 0.835. The van der Waals surface area contributed by atoms with Gasteiger partial charge in [-0.1, -0.05) is 42.5 Å². The second-order valence-corrected chi connectivity index (χ2v) is 6.74. The molecule has 5 heteroatoms. The summed E-state index contributed by atoms with van der Waals surface area (Å²) in [5, 5.41) is 6.37. The Morgan fingerprint density at radius 1 is 0.964 bits per heavy atom. The lowest BCUT2D eigenvalue weighted by Gasteiger charge is -2.15. The molecule has 0 spiro atoms. The molecule has 28 heavy (non-hydrogen) atoms. The molecule has 1 amide bonds. The Bertz CT molecular complexity index is 1040. The van der Waals surface area contributed by atoms with Crippen LogP contribution in [0.4, 0.5) is 17.1 Å². The molecule has 3 aromatic rings. The Labute approximate surface area is 164 Å². The molecule has 0 saturated carbocycles. The minimum absolute atomic E-state index is 0.147. The van der Waals surface area contributed by atoms with Crippen LogP contribution in [0.15, 0.2) is 72.8 Å². The van der Waals surface area contributed by atoms with Crippen molar-refractivity contribution in [2.45, 2.75) is 6.42 Å². The van der Waals surface area contributed by atoms with Gasteiger partial charge in [0.1, 0.15) is 0 Å². The monoisotopic (exact) mass is 370 g/mol. The fourth-order valence-corrected chi connectivity index (χ4v) is 3.38. The third kappa shape index (κ3) is 3.48. The molecule has 0 aliphatic carbocycles. The first kappa shape index (κ1) is 17.8. The molecule has 3 aromatic carbocycles. The lowest BCUT2D eigenvalue weighted by atomic mass is 9.99. The average Bonchev–Trinajstić information content (AvgIpc) is 3.03. The molecule has 140 valence electrons. The maximum Gasteiger partial charge on any atom is 0.258 e. The van der Waals surface area contributed by atoms with Crippen LogP contribution in [-0.2, 0) is 11.2 Å². The number of hydrogen-bond acceptors (Lipinski definition) is 4. The summed E-state index contributed by atoms with van der Waals surface area (Å²) in [4.78, 5) is 12.8. The lowest BCUT2D eigenvalue weighted by molar-refractivity contribution is -0.110. The zero-order valence-electron chi connectivity index (χ0n) is 15.4. The van der Waals surface area contributed by atoms with Crippen LogP contribution in [0.5, 0.6) is 0 Å². The summed E-state index contributed by atoms with van der Waals surface area (Å²) in [6.45, 7) is 0.616. The number of fused-ring (bicyclic) bond motifs is 1. The minimum Gasteiger partial charge on any atom is -0.399 e. The minimum atomic E-state index is -0.147. The largest absolute Gasteiger partial charge is 0.399 e. The fraction of sp³-hybridized carbons (Fsp3) is 0.0870. The van der Waals surface area contributed by atoms with Gasteiger partial charge in [-0.25, -0.2) is 0 Å². The van der Waals surface area contributed by atoms with Gasteiger partial charge >= 0.3 is 0 Å². The van der Waals surface area contributed by atoms with Crippen molar-refractivity contribution in [2.24, 2.45) is 5.73 Å². The van der Waals surface area contributed by atoms with Gasteiger partial charge < -0.3 is 22.1 Å². The standard InChI is InChI=1S/C23H22N4O/c24-13-12-15-6-9-18(10-7-15)26-22(16-4-2-1-3-5-16)21-19-14-17(25)8-11-20(19)27-23(21)28/h1-11,14,26H,12-13,24-25H2,(H,27,28)/b22-21-. The van der Waals surface area contributed by atoms with E-state index in [1.165, 1.54) is 5.56 Å². The number of nitrogen functional groups attached to an aromatic ring is 1. The first-order chi connectivity index (χ1) is 13.7. The van der Waals surface area contributed by atoms with Crippen LogP contribution in [0.25, 0.3) is 11.3 Å². The van der Waals surface area contributed by atoms with E-state index in [4.69, 9.17) is 11.5 Å². The van der Waals surface area contributed by atoms with Crippen LogP contribution in [0.1, 0.15) is 16.7 Å². The second-order valence-electron chi connectivity index (χ2n) is 6.74. The average molecular weight is 370 g/mol. The third-order valence-corrected chi connectivity index (χ3v) is 4.76. The normalized spacial score (nSPS) is 14.4. The van der Waals surface area contributed by atoms with E-state index in [-0.39, 0.29) is 5.91 Å². The smallest absolute Gasteiger partial charge is 0.258 e. The van der Waals surface area contributed by atoms with Gasteiger partial charge in [-0.15, -0.1) is 0 Å². The molecule has 1 aliphatic heterocycles. The summed E-state index contributed by atoms with van der Waals surface area (Å²) in [6, 6.07) is 23.4. The molecule has 0 unspecified atom stereocenters. The Morgan fingerprint density at radius 2 is 1.71 bits per heavy atom. The zero-order chi connectivity index (χ0) is 19.5. The summed E-state index contributed by atoms with van der Waals surface area (Å²) in [5.41, 5.74) is 18.1. The van der Waals surface area contributed by atoms with Crippen LogP contribution in [0.2, 0.25) is 0 Å². The Kier molecular flexibility index (Phi) is 4.83. The van der Waals surface area contributed by atoms with Crippen LogP contribution < -0.4 is 22.1 Å². The van der Waals surface area contributed by atoms with Gasteiger partial charge in [0.25, 0.3) is 5.91 Å². The summed E-state index contributed by atoms with van der Waals surface area (Å²) in [5.74, 6) is -0.147. The van der Waals surface area contributed by atoms with Crippen molar-refractivity contribution in [1.82, 2.24) is 0 Å². The molecule has 0 fully saturated rings. The maximum absolute atomic E-state index is 12.8. The predicted molar refractivity (Wildman–Crippen MR) is 116 cm³/mol. The molecule has 4 rings (SSSR count). The van der Waals surface area contributed by atoms with E-state index in [9.17, 15) is 4.79 Å². The molecule has 5 nitrogen and oxygen atoms in total. The predicted octanol–water partition coefficient (Wildman–Crippen LogP) is 3.70. The van der Waals surface area contributed by atoms with Crippen molar-refractivity contribution in [3.63, 3.8) is 0 Å². The molecule has 1 heterocycles. The number of amides is 1. The van der Waals surface area contributed by atoms with Gasteiger partial charge in [0.05, 0.1) is 11.3 Å². The van der Waals surface area contributed by atoms with E-state index < -0.39 is 0 Å². The Morgan fingerprint density at radius 3 is 2.43 bits per heavy atom. The van der Waals surface area contributed by atoms with Crippen LogP contribution in [-0.4, -0.2) is 12.5 Å². The molecule has 0 radical (unpaired) electrons. The van der Waals surface area contributed by atoms with Gasteiger partial charge in [-0.2, -0.15) is 0 Å². The molecule has 1 aliphatic rings. The number of carbonyl (C=O) groups excluding carboxylic acids is 1. The number of hydrogen-bond donors (Lipinski definition) is 4. The Hall–Kier alpha value is -3.57. The first-order valence-corrected chi connectivity index (χ1v) is 9.22. The van der Waals surface area contributed by atoms with Crippen LogP contribution in [0.3, 0.4) is 0 Å². The van der Waals surface area contributed by atoms with Crippen LogP contribution >= 0.6 is 0 Å². The summed E-state index contributed by atoms with van der Waals surface area (Å²) >= 11 is 0. The second kappa shape index (κ2) is 7.58. The quantitative estimate of drug-likeness (QED) is 0.407. The van der Waals surface area contributed by atoms with Crippen molar-refractivity contribution in [3.05, 3.63) is 89.5 Å². The SMILES string of the molecule is NCCc1ccc(N/C(=C2\C(=O)Nc3ccc(N)cc32)c2ccccc2)cc1. The molecule has 0 atom stereocenters. The number of carbonyl (C=O) groups is 1. The van der Waals surface area contributed by atoms with Crippen molar-refractivity contribution in [2.75, 3.05) is 22.9 Å². The van der Waals surface area contributed by atoms with E-state index >= 15 is 0 Å². The number of rotatable bonds is 5. The third-order valence-electron chi connectivity index (χ3n) is 4.76. The summed E-state index contributed by atoms with van der Waals surface area (Å²) in [7, 11) is 0. The van der Waals surface area contributed by atoms with E-state index in [0.717, 1.165) is 34.6 Å². The Balaban J connectivity index is 1.82. The van der Waals surface area contributed by atoms with Crippen molar-refractivity contribution < 1.29 is 4.79 Å². The van der Waals surface area contributed by atoms with Crippen molar-refractivity contribution >= 4 is 34.2 Å². The highest BCUT2D eigenvalue weighted by Crippen LogP contribution is 2.38. The van der Waals surface area contributed by atoms with E-state index in [2.05, 4.69) is 10.6 Å². The number of nitrogens with one attached hydrogen (secondary N) is 2. The van der Waals surface area contributed by atoms with Crippen LogP contribution in [0, 0.1) is 0 Å². The highest BCUT2D eigenvalue weighted by Gasteiger charge is 2.28. The molecule has 6 N–H and O–H groups in total. The molecular weight excluding hydrogens is 348 g/mol. The molecule has 0 aromatic heterocycles. The van der Waals surface area contributed by atoms with E-state index in [1.54, 1.807) is 6.07 Å². The van der Waals surface area contributed by atoms with E-state index in [0.29, 0.717) is 17.8 Å². The molecule has 0 bridgehead atoms. The van der Waals surface area contributed by atoms with Gasteiger partial charge in [0.2, 0.25) is 0 Å². The molecule has 0 saturated heterocycles. The summed E-state index contributed by atoms with van der Waals surface area (Å²) < 4.78 is 0. The topological polar surface area (TPSA) is 93.2 Å². The molecular formula is C23H22N4O. The number of nitrogens with two attached hydrogens (primary N) is 2.